The van der Waals surface area contributed by atoms with Crippen molar-refractivity contribution < 1.29 is 9.13 Å². The Labute approximate surface area is 145 Å². The Balaban J connectivity index is 1.56. The van der Waals surface area contributed by atoms with E-state index in [9.17, 15) is 4.39 Å². The Hall–Kier alpha value is -0.760. The minimum atomic E-state index is -0.412. The number of ether oxygens (including phenoxy) is 1. The summed E-state index contributed by atoms with van der Waals surface area (Å²) < 4.78 is 18.9. The van der Waals surface area contributed by atoms with Gasteiger partial charge in [-0.3, -0.25) is 0 Å². The van der Waals surface area contributed by atoms with Gasteiger partial charge in [-0.15, -0.1) is 0 Å². The van der Waals surface area contributed by atoms with Crippen molar-refractivity contribution in [2.24, 2.45) is 11.8 Å². The molecule has 0 atom stereocenters. The molecule has 1 aliphatic carbocycles. The first-order valence-electron chi connectivity index (χ1n) is 9.27. The minimum absolute atomic E-state index is 0.146. The van der Waals surface area contributed by atoms with Crippen molar-refractivity contribution >= 4 is 11.6 Å². The van der Waals surface area contributed by atoms with E-state index in [1.165, 1.54) is 63.9 Å². The molecule has 1 saturated carbocycles. The summed E-state index contributed by atoms with van der Waals surface area (Å²) in [5, 5.41) is 0.146. The molecule has 3 heteroatoms. The molecule has 0 N–H and O–H groups in total. The van der Waals surface area contributed by atoms with Crippen LogP contribution >= 0.6 is 11.6 Å². The van der Waals surface area contributed by atoms with Crippen LogP contribution in [0.2, 0.25) is 5.02 Å². The molecule has 1 fully saturated rings. The number of halogens is 2. The maximum atomic E-state index is 13.3. The summed E-state index contributed by atoms with van der Waals surface area (Å²) in [7, 11) is 0. The lowest BCUT2D eigenvalue weighted by molar-refractivity contribution is 0.228. The van der Waals surface area contributed by atoms with E-state index in [4.69, 9.17) is 16.3 Å². The normalized spacial score (nSPS) is 21.3. The van der Waals surface area contributed by atoms with Gasteiger partial charge in [0.2, 0.25) is 0 Å². The predicted octanol–water partition coefficient (Wildman–Crippen LogP) is 7.02. The molecule has 1 aromatic carbocycles. The average Bonchev–Trinajstić information content (AvgIpc) is 2.56. The largest absolute Gasteiger partial charge is 0.493 e. The minimum Gasteiger partial charge on any atom is -0.493 e. The van der Waals surface area contributed by atoms with Crippen LogP contribution in [0.15, 0.2) is 18.2 Å². The van der Waals surface area contributed by atoms with E-state index in [0.29, 0.717) is 12.4 Å². The van der Waals surface area contributed by atoms with E-state index in [1.54, 1.807) is 12.1 Å². The number of benzene rings is 1. The SMILES string of the molecule is CCCCC[C@H]1CC[C@H](CCCOc2ccc(Cl)c(F)c2)CC1. The maximum absolute atomic E-state index is 13.3. The second-order valence-corrected chi connectivity index (χ2v) is 7.36. The van der Waals surface area contributed by atoms with E-state index in [2.05, 4.69) is 6.92 Å². The van der Waals surface area contributed by atoms with E-state index < -0.39 is 5.82 Å². The summed E-state index contributed by atoms with van der Waals surface area (Å²) >= 11 is 5.66. The fourth-order valence-corrected chi connectivity index (χ4v) is 3.74. The summed E-state index contributed by atoms with van der Waals surface area (Å²) in [6, 6.07) is 4.64. The van der Waals surface area contributed by atoms with Crippen LogP contribution in [-0.4, -0.2) is 6.61 Å². The van der Waals surface area contributed by atoms with Crippen molar-refractivity contribution in [3.8, 4) is 5.75 Å². The number of hydrogen-bond acceptors (Lipinski definition) is 1. The number of unbranched alkanes of at least 4 members (excludes halogenated alkanes) is 2. The summed E-state index contributed by atoms with van der Waals surface area (Å²) in [6.07, 6.45) is 13.4. The first kappa shape index (κ1) is 18.6. The van der Waals surface area contributed by atoms with Gasteiger partial charge in [0.1, 0.15) is 11.6 Å². The van der Waals surface area contributed by atoms with Gasteiger partial charge in [0, 0.05) is 6.07 Å². The molecule has 0 heterocycles. The van der Waals surface area contributed by atoms with Crippen molar-refractivity contribution in [2.45, 2.75) is 71.1 Å². The van der Waals surface area contributed by atoms with Crippen LogP contribution < -0.4 is 4.74 Å². The Morgan fingerprint density at radius 1 is 1.04 bits per heavy atom. The van der Waals surface area contributed by atoms with Crippen LogP contribution in [-0.2, 0) is 0 Å². The smallest absolute Gasteiger partial charge is 0.145 e. The standard InChI is InChI=1S/C20H30ClFO/c1-2-3-4-6-16-8-10-17(11-9-16)7-5-14-23-18-12-13-19(21)20(22)15-18/h12-13,15-17H,2-11,14H2,1H3/t16-,17-. The molecule has 0 aromatic heterocycles. The summed E-state index contributed by atoms with van der Waals surface area (Å²) in [4.78, 5) is 0. The topological polar surface area (TPSA) is 9.23 Å². The molecule has 0 radical (unpaired) electrons. The first-order chi connectivity index (χ1) is 11.2. The summed E-state index contributed by atoms with van der Waals surface area (Å²) in [5.74, 6) is 2.01. The lowest BCUT2D eigenvalue weighted by atomic mass is 9.78. The van der Waals surface area contributed by atoms with Crippen molar-refractivity contribution in [1.82, 2.24) is 0 Å². The third-order valence-electron chi connectivity index (χ3n) is 5.10. The molecule has 0 aliphatic heterocycles. The van der Waals surface area contributed by atoms with Crippen LogP contribution in [0.5, 0.6) is 5.75 Å². The zero-order valence-electron chi connectivity index (χ0n) is 14.3. The molecule has 0 bridgehead atoms. The Morgan fingerprint density at radius 2 is 1.70 bits per heavy atom. The number of rotatable bonds is 9. The van der Waals surface area contributed by atoms with Crippen LogP contribution in [0.1, 0.15) is 71.1 Å². The van der Waals surface area contributed by atoms with Crippen LogP contribution in [0.25, 0.3) is 0 Å². The highest BCUT2D eigenvalue weighted by Gasteiger charge is 2.20. The van der Waals surface area contributed by atoms with Crippen molar-refractivity contribution in [2.75, 3.05) is 6.61 Å². The van der Waals surface area contributed by atoms with Crippen molar-refractivity contribution in [3.63, 3.8) is 0 Å². The van der Waals surface area contributed by atoms with Gasteiger partial charge in [-0.05, 0) is 36.8 Å². The third-order valence-corrected chi connectivity index (χ3v) is 5.41. The summed E-state index contributed by atoms with van der Waals surface area (Å²) in [5.41, 5.74) is 0. The molecular formula is C20H30ClFO. The third kappa shape index (κ3) is 6.71. The first-order valence-corrected chi connectivity index (χ1v) is 9.64. The average molecular weight is 341 g/mol. The van der Waals surface area contributed by atoms with Gasteiger partial charge < -0.3 is 4.74 Å². The Bertz CT molecular complexity index is 455. The molecule has 0 saturated heterocycles. The van der Waals surface area contributed by atoms with Crippen molar-refractivity contribution in [3.05, 3.63) is 29.0 Å². The molecule has 1 nitrogen and oxygen atoms in total. The molecule has 0 amide bonds. The molecule has 1 aliphatic rings. The fraction of sp³-hybridized carbons (Fsp3) is 0.700. The van der Waals surface area contributed by atoms with E-state index in [1.807, 2.05) is 0 Å². The molecule has 23 heavy (non-hydrogen) atoms. The van der Waals surface area contributed by atoms with Gasteiger partial charge in [-0.2, -0.15) is 0 Å². The molecular weight excluding hydrogens is 311 g/mol. The second kappa shape index (κ2) is 10.2. The highest BCUT2D eigenvalue weighted by molar-refractivity contribution is 6.30. The Morgan fingerprint density at radius 3 is 2.30 bits per heavy atom. The molecule has 0 unspecified atom stereocenters. The fourth-order valence-electron chi connectivity index (χ4n) is 3.62. The Kier molecular flexibility index (Phi) is 8.22. The van der Waals surface area contributed by atoms with Gasteiger partial charge in [0.05, 0.1) is 11.6 Å². The monoisotopic (exact) mass is 340 g/mol. The van der Waals surface area contributed by atoms with Crippen LogP contribution in [0.3, 0.4) is 0 Å². The maximum Gasteiger partial charge on any atom is 0.145 e. The highest BCUT2D eigenvalue weighted by atomic mass is 35.5. The van der Waals surface area contributed by atoms with Crippen LogP contribution in [0.4, 0.5) is 4.39 Å². The lowest BCUT2D eigenvalue weighted by Crippen LogP contribution is -2.15. The van der Waals surface area contributed by atoms with E-state index in [-0.39, 0.29) is 5.02 Å². The second-order valence-electron chi connectivity index (χ2n) is 6.95. The molecule has 130 valence electrons. The number of hydrogen-bond donors (Lipinski definition) is 0. The quantitative estimate of drug-likeness (QED) is 0.438. The predicted molar refractivity (Wildman–Crippen MR) is 95.7 cm³/mol. The van der Waals surface area contributed by atoms with E-state index in [0.717, 1.165) is 18.3 Å². The van der Waals surface area contributed by atoms with Crippen molar-refractivity contribution in [1.29, 1.82) is 0 Å². The van der Waals surface area contributed by atoms with Gasteiger partial charge in [-0.1, -0.05) is 69.9 Å². The molecule has 2 rings (SSSR count). The van der Waals surface area contributed by atoms with Crippen LogP contribution in [0, 0.1) is 17.7 Å². The zero-order chi connectivity index (χ0) is 16.5. The van der Waals surface area contributed by atoms with Gasteiger partial charge in [0.15, 0.2) is 0 Å². The van der Waals surface area contributed by atoms with Gasteiger partial charge in [0.25, 0.3) is 0 Å². The highest BCUT2D eigenvalue weighted by Crippen LogP contribution is 2.34. The lowest BCUT2D eigenvalue weighted by Gasteiger charge is -2.28. The summed E-state index contributed by atoms with van der Waals surface area (Å²) in [6.45, 7) is 2.94. The van der Waals surface area contributed by atoms with E-state index >= 15 is 0 Å². The van der Waals surface area contributed by atoms with Gasteiger partial charge >= 0.3 is 0 Å². The molecule has 1 aromatic rings. The zero-order valence-corrected chi connectivity index (χ0v) is 15.1. The van der Waals surface area contributed by atoms with Gasteiger partial charge in [-0.25, -0.2) is 4.39 Å². The molecule has 0 spiro atoms.